The Bertz CT molecular complexity index is 821. The normalized spacial score (nSPS) is 16.4. The Balaban J connectivity index is 1.65. The largest absolute Gasteiger partial charge is 0.467 e. The van der Waals surface area contributed by atoms with Crippen molar-refractivity contribution in [2.75, 3.05) is 13.1 Å². The zero-order chi connectivity index (χ0) is 19.2. The van der Waals surface area contributed by atoms with E-state index in [4.69, 9.17) is 9.68 Å². The number of rotatable bonds is 7. The second-order valence-electron chi connectivity index (χ2n) is 6.82. The summed E-state index contributed by atoms with van der Waals surface area (Å²) in [4.78, 5) is 28.8. The predicted octanol–water partition coefficient (Wildman–Crippen LogP) is 2.94. The van der Waals surface area contributed by atoms with Gasteiger partial charge in [0.25, 0.3) is 0 Å². The van der Waals surface area contributed by atoms with Gasteiger partial charge in [0.15, 0.2) is 0 Å². The van der Waals surface area contributed by atoms with Gasteiger partial charge in [0, 0.05) is 26.1 Å². The van der Waals surface area contributed by atoms with Crippen LogP contribution in [0.25, 0.3) is 0 Å². The van der Waals surface area contributed by atoms with Gasteiger partial charge in [-0.25, -0.2) is 0 Å². The lowest BCUT2D eigenvalue weighted by molar-refractivity contribution is -0.136. The molecule has 0 radical (unpaired) electrons. The summed E-state index contributed by atoms with van der Waals surface area (Å²) in [5, 5.41) is 8.91. The van der Waals surface area contributed by atoms with Gasteiger partial charge in [-0.1, -0.05) is 19.1 Å². The molecule has 1 aliphatic rings. The van der Waals surface area contributed by atoms with Crippen molar-refractivity contribution in [1.82, 2.24) is 9.80 Å². The molecule has 2 aromatic rings. The SMILES string of the molecule is CCCN(Cc1ccc(C#N)cc1)C(=O)C1CC(=O)N(Cc2ccco2)C1. The van der Waals surface area contributed by atoms with E-state index in [0.29, 0.717) is 31.7 Å². The minimum Gasteiger partial charge on any atom is -0.467 e. The van der Waals surface area contributed by atoms with Gasteiger partial charge in [-0.15, -0.1) is 0 Å². The highest BCUT2D eigenvalue weighted by Crippen LogP contribution is 2.23. The first-order valence-electron chi connectivity index (χ1n) is 9.18. The van der Waals surface area contributed by atoms with E-state index in [0.717, 1.165) is 17.7 Å². The first kappa shape index (κ1) is 18.7. The molecule has 1 atom stereocenters. The Morgan fingerprint density at radius 3 is 2.74 bits per heavy atom. The van der Waals surface area contributed by atoms with E-state index < -0.39 is 0 Å². The maximum Gasteiger partial charge on any atom is 0.228 e. The van der Waals surface area contributed by atoms with Crippen LogP contribution in [0, 0.1) is 17.2 Å². The smallest absolute Gasteiger partial charge is 0.228 e. The van der Waals surface area contributed by atoms with Crippen molar-refractivity contribution < 1.29 is 14.0 Å². The molecule has 1 saturated heterocycles. The summed E-state index contributed by atoms with van der Waals surface area (Å²) >= 11 is 0. The fourth-order valence-corrected chi connectivity index (χ4v) is 3.38. The van der Waals surface area contributed by atoms with E-state index in [1.807, 2.05) is 30.0 Å². The zero-order valence-electron chi connectivity index (χ0n) is 15.4. The predicted molar refractivity (Wildman–Crippen MR) is 99.1 cm³/mol. The number of benzene rings is 1. The molecule has 1 fully saturated rings. The van der Waals surface area contributed by atoms with Gasteiger partial charge in [-0.2, -0.15) is 5.26 Å². The number of carbonyl (C=O) groups excluding carboxylic acids is 2. The fraction of sp³-hybridized carbons (Fsp3) is 0.381. The van der Waals surface area contributed by atoms with Crippen LogP contribution in [-0.2, 0) is 22.7 Å². The van der Waals surface area contributed by atoms with E-state index in [1.54, 1.807) is 29.4 Å². The van der Waals surface area contributed by atoms with Gasteiger partial charge in [0.1, 0.15) is 5.76 Å². The van der Waals surface area contributed by atoms with Crippen molar-refractivity contribution in [3.63, 3.8) is 0 Å². The summed E-state index contributed by atoms with van der Waals surface area (Å²) in [6.45, 7) is 3.98. The van der Waals surface area contributed by atoms with Gasteiger partial charge < -0.3 is 14.2 Å². The van der Waals surface area contributed by atoms with Crippen molar-refractivity contribution in [2.24, 2.45) is 5.92 Å². The van der Waals surface area contributed by atoms with Gasteiger partial charge in [0.05, 0.1) is 30.4 Å². The lowest BCUT2D eigenvalue weighted by Gasteiger charge is -2.25. The molecule has 2 amide bonds. The number of nitriles is 1. The quantitative estimate of drug-likeness (QED) is 0.756. The summed E-state index contributed by atoms with van der Waals surface area (Å²) in [7, 11) is 0. The Kier molecular flexibility index (Phi) is 5.92. The van der Waals surface area contributed by atoms with Crippen LogP contribution in [0.15, 0.2) is 47.1 Å². The topological polar surface area (TPSA) is 77.5 Å². The summed E-state index contributed by atoms with van der Waals surface area (Å²) in [6, 6.07) is 13.0. The minimum absolute atomic E-state index is 0.0107. The molecule has 140 valence electrons. The maximum atomic E-state index is 13.0. The summed E-state index contributed by atoms with van der Waals surface area (Å²) in [6.07, 6.45) is 2.67. The van der Waals surface area contributed by atoms with Gasteiger partial charge >= 0.3 is 0 Å². The lowest BCUT2D eigenvalue weighted by atomic mass is 10.1. The maximum absolute atomic E-state index is 13.0. The third-order valence-electron chi connectivity index (χ3n) is 4.75. The van der Waals surface area contributed by atoms with Crippen LogP contribution in [0.3, 0.4) is 0 Å². The van der Waals surface area contributed by atoms with Crippen molar-refractivity contribution in [3.8, 4) is 6.07 Å². The molecular weight excluding hydrogens is 342 g/mol. The highest BCUT2D eigenvalue weighted by molar-refractivity contribution is 5.89. The molecular formula is C21H23N3O3. The third kappa shape index (κ3) is 4.56. The second kappa shape index (κ2) is 8.54. The average Bonchev–Trinajstić information content (AvgIpc) is 3.32. The standard InChI is InChI=1S/C21H23N3O3/c1-2-9-23(13-17-7-5-16(12-22)6-8-17)21(26)18-11-20(25)24(14-18)15-19-4-3-10-27-19/h3-8,10,18H,2,9,11,13-15H2,1H3. The summed E-state index contributed by atoms with van der Waals surface area (Å²) in [5.41, 5.74) is 1.58. The zero-order valence-corrected chi connectivity index (χ0v) is 15.4. The molecule has 1 aromatic carbocycles. The molecule has 1 unspecified atom stereocenters. The highest BCUT2D eigenvalue weighted by Gasteiger charge is 2.36. The number of amides is 2. The van der Waals surface area contributed by atoms with Crippen LogP contribution in [0.2, 0.25) is 0 Å². The molecule has 6 nitrogen and oxygen atoms in total. The first-order chi connectivity index (χ1) is 13.1. The van der Waals surface area contributed by atoms with Crippen LogP contribution in [0.4, 0.5) is 0 Å². The second-order valence-corrected chi connectivity index (χ2v) is 6.82. The first-order valence-corrected chi connectivity index (χ1v) is 9.18. The number of carbonyl (C=O) groups is 2. The molecule has 1 aromatic heterocycles. The minimum atomic E-state index is -0.322. The van der Waals surface area contributed by atoms with Crippen LogP contribution >= 0.6 is 0 Å². The highest BCUT2D eigenvalue weighted by atomic mass is 16.3. The Labute approximate surface area is 159 Å². The molecule has 0 spiro atoms. The number of furan rings is 1. The van der Waals surface area contributed by atoms with Crippen LogP contribution in [0.1, 0.15) is 36.7 Å². The monoisotopic (exact) mass is 365 g/mol. The molecule has 2 heterocycles. The van der Waals surface area contributed by atoms with Crippen LogP contribution in [0.5, 0.6) is 0 Å². The summed E-state index contributed by atoms with van der Waals surface area (Å²) < 4.78 is 5.31. The van der Waals surface area contributed by atoms with E-state index in [2.05, 4.69) is 6.07 Å². The Morgan fingerprint density at radius 1 is 1.33 bits per heavy atom. The van der Waals surface area contributed by atoms with E-state index in [1.165, 1.54) is 0 Å². The Hall–Kier alpha value is -3.07. The number of hydrogen-bond acceptors (Lipinski definition) is 4. The Morgan fingerprint density at radius 2 is 2.11 bits per heavy atom. The molecule has 3 rings (SSSR count). The molecule has 1 aliphatic heterocycles. The molecule has 0 bridgehead atoms. The van der Waals surface area contributed by atoms with E-state index >= 15 is 0 Å². The van der Waals surface area contributed by atoms with Gasteiger partial charge in [0.2, 0.25) is 11.8 Å². The molecule has 6 heteroatoms. The van der Waals surface area contributed by atoms with Crippen molar-refractivity contribution in [2.45, 2.75) is 32.9 Å². The van der Waals surface area contributed by atoms with E-state index in [-0.39, 0.29) is 24.2 Å². The third-order valence-corrected chi connectivity index (χ3v) is 4.75. The number of nitrogens with zero attached hydrogens (tertiary/aromatic N) is 3. The van der Waals surface area contributed by atoms with Crippen LogP contribution in [-0.4, -0.2) is 34.7 Å². The number of hydrogen-bond donors (Lipinski definition) is 0. The van der Waals surface area contributed by atoms with E-state index in [9.17, 15) is 9.59 Å². The molecule has 0 saturated carbocycles. The van der Waals surface area contributed by atoms with Crippen LogP contribution < -0.4 is 0 Å². The summed E-state index contributed by atoms with van der Waals surface area (Å²) in [5.74, 6) is 0.396. The van der Waals surface area contributed by atoms with Crippen molar-refractivity contribution >= 4 is 11.8 Å². The average molecular weight is 365 g/mol. The fourth-order valence-electron chi connectivity index (χ4n) is 3.38. The molecule has 27 heavy (non-hydrogen) atoms. The molecule has 0 N–H and O–H groups in total. The van der Waals surface area contributed by atoms with Crippen molar-refractivity contribution in [3.05, 3.63) is 59.5 Å². The van der Waals surface area contributed by atoms with Gasteiger partial charge in [-0.05, 0) is 36.2 Å². The van der Waals surface area contributed by atoms with Gasteiger partial charge in [-0.3, -0.25) is 9.59 Å². The number of likely N-dealkylation sites (tertiary alicyclic amines) is 1. The lowest BCUT2D eigenvalue weighted by Crippen LogP contribution is -2.37. The van der Waals surface area contributed by atoms with Crippen molar-refractivity contribution in [1.29, 1.82) is 5.26 Å². The molecule has 0 aliphatic carbocycles.